The molecule has 3 aromatic rings. The summed E-state index contributed by atoms with van der Waals surface area (Å²) in [6.07, 6.45) is 1.06. The number of para-hydroxylation sites is 2. The molecule has 2 N–H and O–H groups in total. The Balaban J connectivity index is 1.62. The van der Waals surface area contributed by atoms with E-state index in [2.05, 4.69) is 22.5 Å². The fourth-order valence-electron chi connectivity index (χ4n) is 3.18. The summed E-state index contributed by atoms with van der Waals surface area (Å²) in [5, 5.41) is 5.69. The predicted octanol–water partition coefficient (Wildman–Crippen LogP) is 5.05. The predicted molar refractivity (Wildman–Crippen MR) is 125 cm³/mol. The quantitative estimate of drug-likeness (QED) is 0.538. The molecule has 2 amide bonds. The van der Waals surface area contributed by atoms with Crippen LogP contribution in [0.1, 0.15) is 34.1 Å². The molecule has 0 aromatic heterocycles. The van der Waals surface area contributed by atoms with Crippen LogP contribution >= 0.6 is 0 Å². The van der Waals surface area contributed by atoms with E-state index in [9.17, 15) is 9.59 Å². The van der Waals surface area contributed by atoms with Crippen molar-refractivity contribution in [1.82, 2.24) is 0 Å². The van der Waals surface area contributed by atoms with E-state index < -0.39 is 0 Å². The summed E-state index contributed by atoms with van der Waals surface area (Å²) >= 11 is 0. The Morgan fingerprint density at radius 2 is 1.42 bits per heavy atom. The normalized spacial score (nSPS) is 10.3. The Bertz CT molecular complexity index is 1030. The highest BCUT2D eigenvalue weighted by molar-refractivity contribution is 6.06. The molecule has 160 valence electrons. The van der Waals surface area contributed by atoms with Gasteiger partial charge in [0.2, 0.25) is 0 Å². The number of hydrogen-bond acceptors (Lipinski definition) is 4. The lowest BCUT2D eigenvalue weighted by Gasteiger charge is -2.18. The fraction of sp³-hybridized carbons (Fsp3) is 0.200. The Labute approximate surface area is 182 Å². The molecule has 0 aliphatic carbocycles. The van der Waals surface area contributed by atoms with E-state index in [0.717, 1.165) is 18.7 Å². The Hall–Kier alpha value is -3.80. The van der Waals surface area contributed by atoms with Crippen molar-refractivity contribution in [1.29, 1.82) is 0 Å². The van der Waals surface area contributed by atoms with Crippen LogP contribution in [0.15, 0.2) is 72.8 Å². The average molecular weight is 418 g/mol. The summed E-state index contributed by atoms with van der Waals surface area (Å²) in [5.41, 5.74) is 3.34. The molecule has 0 spiro atoms. The molecule has 0 saturated heterocycles. The minimum absolute atomic E-state index is 0.198. The number of methoxy groups -OCH3 is 1. The molecule has 3 rings (SSSR count). The first-order chi connectivity index (χ1) is 15.0. The van der Waals surface area contributed by atoms with Crippen molar-refractivity contribution in [2.24, 2.45) is 0 Å². The maximum atomic E-state index is 12.5. The van der Waals surface area contributed by atoms with E-state index in [-0.39, 0.29) is 11.8 Å². The van der Waals surface area contributed by atoms with Crippen LogP contribution < -0.4 is 20.3 Å². The van der Waals surface area contributed by atoms with E-state index in [0.29, 0.717) is 28.3 Å². The average Bonchev–Trinajstić information content (AvgIpc) is 2.80. The van der Waals surface area contributed by atoms with Crippen LogP contribution in [0, 0.1) is 0 Å². The van der Waals surface area contributed by atoms with E-state index in [1.165, 1.54) is 0 Å². The molecular weight excluding hydrogens is 390 g/mol. The summed E-state index contributed by atoms with van der Waals surface area (Å²) in [4.78, 5) is 27.2. The summed E-state index contributed by atoms with van der Waals surface area (Å²) in [7, 11) is 3.59. The number of rotatable bonds is 8. The maximum absolute atomic E-state index is 12.5. The number of benzene rings is 3. The number of carbonyl (C=O) groups is 2. The molecule has 3 aromatic carbocycles. The number of nitrogens with one attached hydrogen (secondary N) is 2. The molecule has 0 aliphatic heterocycles. The number of ether oxygens (including phenoxy) is 1. The Kier molecular flexibility index (Phi) is 7.27. The van der Waals surface area contributed by atoms with E-state index in [1.54, 1.807) is 43.5 Å². The third kappa shape index (κ3) is 5.63. The van der Waals surface area contributed by atoms with Crippen LogP contribution in [0.25, 0.3) is 0 Å². The highest BCUT2D eigenvalue weighted by Gasteiger charge is 2.11. The minimum atomic E-state index is -0.255. The number of carbonyl (C=O) groups excluding carboxylic acids is 2. The van der Waals surface area contributed by atoms with Crippen molar-refractivity contribution in [3.05, 3.63) is 83.9 Å². The summed E-state index contributed by atoms with van der Waals surface area (Å²) in [5.74, 6) is 0.136. The van der Waals surface area contributed by atoms with Crippen LogP contribution in [-0.4, -0.2) is 32.5 Å². The number of anilines is 3. The third-order valence-corrected chi connectivity index (χ3v) is 4.89. The monoisotopic (exact) mass is 417 g/mol. The standard InChI is InChI=1S/C25H27N3O3/c1-4-17-28(2)21-15-11-19(12-16-21)24(29)26-20-13-9-18(10-14-20)25(30)27-22-7-5-6-8-23(22)31-3/h5-16H,4,17H2,1-3H3,(H,26,29)(H,27,30). The first-order valence-electron chi connectivity index (χ1n) is 10.2. The highest BCUT2D eigenvalue weighted by atomic mass is 16.5. The van der Waals surface area contributed by atoms with E-state index in [1.807, 2.05) is 43.4 Å². The molecule has 0 atom stereocenters. The summed E-state index contributed by atoms with van der Waals surface area (Å²) in [6.45, 7) is 3.09. The second-order valence-corrected chi connectivity index (χ2v) is 7.15. The Morgan fingerprint density at radius 3 is 2.03 bits per heavy atom. The van der Waals surface area contributed by atoms with Gasteiger partial charge in [0.1, 0.15) is 5.75 Å². The van der Waals surface area contributed by atoms with Gasteiger partial charge in [-0.25, -0.2) is 0 Å². The van der Waals surface area contributed by atoms with Gasteiger partial charge in [-0.3, -0.25) is 9.59 Å². The first kappa shape index (κ1) is 21.9. The van der Waals surface area contributed by atoms with Crippen LogP contribution in [0.4, 0.5) is 17.1 Å². The fourth-order valence-corrected chi connectivity index (χ4v) is 3.18. The van der Waals surface area contributed by atoms with Gasteiger partial charge in [-0.05, 0) is 67.1 Å². The van der Waals surface area contributed by atoms with Crippen molar-refractivity contribution in [2.75, 3.05) is 36.2 Å². The lowest BCUT2D eigenvalue weighted by atomic mass is 10.1. The molecule has 31 heavy (non-hydrogen) atoms. The largest absolute Gasteiger partial charge is 0.495 e. The molecule has 0 bridgehead atoms. The van der Waals surface area contributed by atoms with Crippen molar-refractivity contribution in [3.63, 3.8) is 0 Å². The van der Waals surface area contributed by atoms with Gasteiger partial charge >= 0.3 is 0 Å². The van der Waals surface area contributed by atoms with Crippen LogP contribution in [0.3, 0.4) is 0 Å². The van der Waals surface area contributed by atoms with Gasteiger partial charge in [0.25, 0.3) is 11.8 Å². The van der Waals surface area contributed by atoms with Gasteiger partial charge in [0.05, 0.1) is 12.8 Å². The number of nitrogens with zero attached hydrogens (tertiary/aromatic N) is 1. The smallest absolute Gasteiger partial charge is 0.255 e. The highest BCUT2D eigenvalue weighted by Crippen LogP contribution is 2.24. The molecule has 0 fully saturated rings. The lowest BCUT2D eigenvalue weighted by Crippen LogP contribution is -2.18. The molecule has 0 aliphatic rings. The van der Waals surface area contributed by atoms with Crippen LogP contribution in [0.5, 0.6) is 5.75 Å². The molecule has 0 unspecified atom stereocenters. The molecule has 6 heteroatoms. The maximum Gasteiger partial charge on any atom is 0.255 e. The van der Waals surface area contributed by atoms with Gasteiger partial charge in [-0.2, -0.15) is 0 Å². The van der Waals surface area contributed by atoms with E-state index >= 15 is 0 Å². The van der Waals surface area contributed by atoms with Gasteiger partial charge < -0.3 is 20.3 Å². The summed E-state index contributed by atoms with van der Waals surface area (Å²) in [6, 6.07) is 21.5. The van der Waals surface area contributed by atoms with Gasteiger partial charge in [-0.15, -0.1) is 0 Å². The zero-order valence-corrected chi connectivity index (χ0v) is 18.0. The molecule has 0 saturated carbocycles. The first-order valence-corrected chi connectivity index (χ1v) is 10.2. The Morgan fingerprint density at radius 1 is 0.839 bits per heavy atom. The molecule has 0 heterocycles. The van der Waals surface area contributed by atoms with Gasteiger partial charge in [-0.1, -0.05) is 19.1 Å². The van der Waals surface area contributed by atoms with Crippen molar-refractivity contribution in [3.8, 4) is 5.75 Å². The second kappa shape index (κ2) is 10.3. The minimum Gasteiger partial charge on any atom is -0.495 e. The van der Waals surface area contributed by atoms with Crippen molar-refractivity contribution in [2.45, 2.75) is 13.3 Å². The SMILES string of the molecule is CCCN(C)c1ccc(C(=O)Nc2ccc(C(=O)Nc3ccccc3OC)cc2)cc1. The molecular formula is C25H27N3O3. The lowest BCUT2D eigenvalue weighted by molar-refractivity contribution is 0.101. The zero-order valence-electron chi connectivity index (χ0n) is 18.0. The van der Waals surface area contributed by atoms with Crippen LogP contribution in [0.2, 0.25) is 0 Å². The number of hydrogen-bond donors (Lipinski definition) is 2. The topological polar surface area (TPSA) is 70.7 Å². The van der Waals surface area contributed by atoms with E-state index in [4.69, 9.17) is 4.74 Å². The van der Waals surface area contributed by atoms with Crippen LogP contribution in [-0.2, 0) is 0 Å². The molecule has 6 nitrogen and oxygen atoms in total. The summed E-state index contributed by atoms with van der Waals surface area (Å²) < 4.78 is 5.25. The van der Waals surface area contributed by atoms with Crippen molar-refractivity contribution >= 4 is 28.9 Å². The second-order valence-electron chi connectivity index (χ2n) is 7.15. The third-order valence-electron chi connectivity index (χ3n) is 4.89. The zero-order chi connectivity index (χ0) is 22.2. The van der Waals surface area contributed by atoms with Crippen molar-refractivity contribution < 1.29 is 14.3 Å². The molecule has 0 radical (unpaired) electrons. The number of amides is 2. The van der Waals surface area contributed by atoms with Gasteiger partial charge in [0, 0.05) is 36.1 Å². The van der Waals surface area contributed by atoms with Gasteiger partial charge in [0.15, 0.2) is 0 Å².